The second-order valence-electron chi connectivity index (χ2n) is 15.5. The lowest BCUT2D eigenvalue weighted by molar-refractivity contribution is 0.000453. The van der Waals surface area contributed by atoms with Gasteiger partial charge in [-0.1, -0.05) is 126 Å². The summed E-state index contributed by atoms with van der Waals surface area (Å²) in [6.07, 6.45) is 0. The lowest BCUT2D eigenvalue weighted by Crippen LogP contribution is -2.46. The maximum Gasteiger partial charge on any atom is 0.324 e. The van der Waals surface area contributed by atoms with Gasteiger partial charge in [-0.25, -0.2) is 9.97 Å². The van der Waals surface area contributed by atoms with E-state index in [-0.39, 0.29) is 23.3 Å². The largest absolute Gasteiger partial charge is 0.426 e. The van der Waals surface area contributed by atoms with Crippen molar-refractivity contribution in [3.8, 4) is 28.3 Å². The first-order chi connectivity index (χ1) is 22.8. The molecule has 1 aliphatic rings. The molecule has 0 bridgehead atoms. The molecule has 0 fully saturated rings. The smallest absolute Gasteiger partial charge is 0.324 e. The summed E-state index contributed by atoms with van der Waals surface area (Å²) >= 11 is 0. The van der Waals surface area contributed by atoms with Crippen LogP contribution in [0.3, 0.4) is 0 Å². The summed E-state index contributed by atoms with van der Waals surface area (Å²) in [6.45, 7) is 17.8. The molecule has 0 unspecified atom stereocenters. The molecular formula is C43H42BN3O. The lowest BCUT2D eigenvalue weighted by atomic mass is 9.61. The number of benzene rings is 5. The molecule has 0 radical (unpaired) electrons. The van der Waals surface area contributed by atoms with Crippen LogP contribution in [0.15, 0.2) is 109 Å². The van der Waals surface area contributed by atoms with Crippen molar-refractivity contribution in [3.63, 3.8) is 0 Å². The predicted octanol–water partition coefficient (Wildman–Crippen LogP) is 10.4. The fourth-order valence-corrected chi connectivity index (χ4v) is 7.38. The second kappa shape index (κ2) is 10.6. The Morgan fingerprint density at radius 1 is 0.646 bits per heavy atom. The molecule has 238 valence electrons. The van der Waals surface area contributed by atoms with E-state index >= 15 is 0 Å². The normalized spacial score (nSPS) is 14.1. The van der Waals surface area contributed by atoms with Crippen LogP contribution >= 0.6 is 0 Å². The molecular weight excluding hydrogens is 585 g/mol. The van der Waals surface area contributed by atoms with E-state index in [1.165, 1.54) is 33.0 Å². The molecule has 0 saturated carbocycles. The molecule has 0 N–H and O–H groups in total. The van der Waals surface area contributed by atoms with Gasteiger partial charge in [0, 0.05) is 27.1 Å². The standard InChI is InChI=1S/C43H42BN3O/c1-41(2,3)43(6,7)48-44(8)28-22-24-32-31-16-11-14-20-37(31)47(38(32)26-28)40-45-36-19-13-10-17-33(36)39(46-40)27-21-23-30-29-15-9-12-18-34(29)42(4,5)35(30)25-27/h9-26H,1-8H3. The van der Waals surface area contributed by atoms with Crippen LogP contribution in [0.25, 0.3) is 61.0 Å². The fourth-order valence-electron chi connectivity index (χ4n) is 7.38. The Hall–Kier alpha value is -4.74. The van der Waals surface area contributed by atoms with Gasteiger partial charge in [-0.05, 0) is 71.2 Å². The SMILES string of the molecule is CB(OC(C)(C)C(C)(C)C)c1ccc2c3ccccc3n(-c3nc(-c4ccc5c(c4)C(C)(C)c4ccccc4-5)c4ccccc4n3)c2c1. The van der Waals surface area contributed by atoms with E-state index in [0.29, 0.717) is 5.95 Å². The number of hydrogen-bond acceptors (Lipinski definition) is 3. The van der Waals surface area contributed by atoms with Crippen molar-refractivity contribution in [2.75, 3.05) is 0 Å². The van der Waals surface area contributed by atoms with E-state index in [1.54, 1.807) is 0 Å². The van der Waals surface area contributed by atoms with E-state index in [4.69, 9.17) is 14.6 Å². The minimum Gasteiger partial charge on any atom is -0.426 e. The van der Waals surface area contributed by atoms with E-state index < -0.39 is 0 Å². The zero-order valence-electron chi connectivity index (χ0n) is 29.2. The van der Waals surface area contributed by atoms with Gasteiger partial charge in [0.05, 0.1) is 27.8 Å². The number of para-hydroxylation sites is 2. The van der Waals surface area contributed by atoms with Gasteiger partial charge in [-0.15, -0.1) is 0 Å². The predicted molar refractivity (Wildman–Crippen MR) is 203 cm³/mol. The Balaban J connectivity index is 1.33. The first kappa shape index (κ1) is 30.6. The van der Waals surface area contributed by atoms with Crippen molar-refractivity contribution in [1.29, 1.82) is 0 Å². The van der Waals surface area contributed by atoms with Crippen molar-refractivity contribution in [2.45, 2.75) is 66.3 Å². The molecule has 8 rings (SSSR count). The third-order valence-corrected chi connectivity index (χ3v) is 11.1. The third-order valence-electron chi connectivity index (χ3n) is 11.1. The van der Waals surface area contributed by atoms with Crippen LogP contribution in [0.5, 0.6) is 0 Å². The summed E-state index contributed by atoms with van der Waals surface area (Å²) in [6, 6.07) is 39.3. The highest BCUT2D eigenvalue weighted by Crippen LogP contribution is 2.49. The Morgan fingerprint density at radius 2 is 1.31 bits per heavy atom. The molecule has 2 aromatic heterocycles. The van der Waals surface area contributed by atoms with Gasteiger partial charge in [-0.3, -0.25) is 4.57 Å². The van der Waals surface area contributed by atoms with Crippen LogP contribution in [-0.4, -0.2) is 27.1 Å². The number of hydrogen-bond donors (Lipinski definition) is 0. The van der Waals surface area contributed by atoms with Gasteiger partial charge >= 0.3 is 6.92 Å². The molecule has 4 nitrogen and oxygen atoms in total. The highest BCUT2D eigenvalue weighted by atomic mass is 16.5. The molecule has 0 amide bonds. The van der Waals surface area contributed by atoms with E-state index in [2.05, 4.69) is 169 Å². The highest BCUT2D eigenvalue weighted by molar-refractivity contribution is 6.66. The minimum atomic E-state index is -0.309. The molecule has 5 aromatic carbocycles. The van der Waals surface area contributed by atoms with Crippen molar-refractivity contribution in [1.82, 2.24) is 14.5 Å². The molecule has 1 aliphatic carbocycles. The zero-order valence-corrected chi connectivity index (χ0v) is 29.2. The Labute approximate surface area is 283 Å². The first-order valence-electron chi connectivity index (χ1n) is 17.1. The summed E-state index contributed by atoms with van der Waals surface area (Å²) in [5.41, 5.74) is 11.2. The molecule has 7 aromatic rings. The lowest BCUT2D eigenvalue weighted by Gasteiger charge is -2.40. The monoisotopic (exact) mass is 627 g/mol. The van der Waals surface area contributed by atoms with Crippen molar-refractivity contribution in [2.24, 2.45) is 5.41 Å². The van der Waals surface area contributed by atoms with Crippen LogP contribution < -0.4 is 5.46 Å². The summed E-state index contributed by atoms with van der Waals surface area (Å²) in [4.78, 5) is 10.6. The maximum atomic E-state index is 6.73. The highest BCUT2D eigenvalue weighted by Gasteiger charge is 2.37. The maximum absolute atomic E-state index is 6.73. The van der Waals surface area contributed by atoms with Crippen molar-refractivity contribution < 1.29 is 4.65 Å². The second-order valence-corrected chi connectivity index (χ2v) is 15.5. The van der Waals surface area contributed by atoms with E-state index in [1.807, 2.05) is 0 Å². The molecule has 48 heavy (non-hydrogen) atoms. The minimum absolute atomic E-state index is 0.00878. The summed E-state index contributed by atoms with van der Waals surface area (Å²) in [7, 11) is 0. The topological polar surface area (TPSA) is 39.9 Å². The number of aromatic nitrogens is 3. The van der Waals surface area contributed by atoms with Crippen LogP contribution in [0, 0.1) is 5.41 Å². The number of nitrogens with zero attached hydrogens (tertiary/aromatic N) is 3. The fraction of sp³-hybridized carbons (Fsp3) is 0.256. The number of rotatable bonds is 5. The molecule has 5 heteroatoms. The van der Waals surface area contributed by atoms with Crippen LogP contribution in [0.2, 0.25) is 6.82 Å². The van der Waals surface area contributed by atoms with Gasteiger partial charge in [0.15, 0.2) is 0 Å². The van der Waals surface area contributed by atoms with E-state index in [9.17, 15) is 0 Å². The summed E-state index contributed by atoms with van der Waals surface area (Å²) in [5.74, 6) is 0.665. The van der Waals surface area contributed by atoms with Crippen LogP contribution in [-0.2, 0) is 10.1 Å². The Morgan fingerprint density at radius 3 is 2.10 bits per heavy atom. The van der Waals surface area contributed by atoms with Gasteiger partial charge in [0.2, 0.25) is 5.95 Å². The zero-order chi connectivity index (χ0) is 33.6. The Kier molecular flexibility index (Phi) is 6.78. The van der Waals surface area contributed by atoms with Crippen molar-refractivity contribution >= 4 is 45.1 Å². The molecule has 0 atom stereocenters. The summed E-state index contributed by atoms with van der Waals surface area (Å²) in [5, 5.41) is 3.40. The average Bonchev–Trinajstić information content (AvgIpc) is 3.51. The quantitative estimate of drug-likeness (QED) is 0.178. The average molecular weight is 628 g/mol. The molecule has 2 heterocycles. The third kappa shape index (κ3) is 4.63. The van der Waals surface area contributed by atoms with Gasteiger partial charge < -0.3 is 4.65 Å². The Bertz CT molecular complexity index is 2390. The van der Waals surface area contributed by atoms with Crippen LogP contribution in [0.1, 0.15) is 59.6 Å². The van der Waals surface area contributed by atoms with Gasteiger partial charge in [0.1, 0.15) is 0 Å². The van der Waals surface area contributed by atoms with Crippen molar-refractivity contribution in [3.05, 3.63) is 120 Å². The van der Waals surface area contributed by atoms with Crippen LogP contribution in [0.4, 0.5) is 0 Å². The molecule has 0 aliphatic heterocycles. The molecule has 0 spiro atoms. The van der Waals surface area contributed by atoms with E-state index in [0.717, 1.165) is 38.7 Å². The summed E-state index contributed by atoms with van der Waals surface area (Å²) < 4.78 is 8.96. The molecule has 0 saturated heterocycles. The first-order valence-corrected chi connectivity index (χ1v) is 17.1. The van der Waals surface area contributed by atoms with Gasteiger partial charge in [0.25, 0.3) is 0 Å². The number of fused-ring (bicyclic) bond motifs is 7. The van der Waals surface area contributed by atoms with Gasteiger partial charge in [-0.2, -0.15) is 0 Å².